The van der Waals surface area contributed by atoms with E-state index in [2.05, 4.69) is 0 Å². The molecule has 4 aromatic rings. The fourth-order valence-corrected chi connectivity index (χ4v) is 4.90. The Labute approximate surface area is 216 Å². The van der Waals surface area contributed by atoms with Gasteiger partial charge in [-0.05, 0) is 76.3 Å². The number of hydrogen-bond acceptors (Lipinski definition) is 5. The molecule has 0 bridgehead atoms. The van der Waals surface area contributed by atoms with Gasteiger partial charge in [0, 0.05) is 11.1 Å². The van der Waals surface area contributed by atoms with Crippen molar-refractivity contribution in [2.45, 2.75) is 5.92 Å². The Balaban J connectivity index is 1.78. The number of ketones is 1. The van der Waals surface area contributed by atoms with Crippen LogP contribution in [0.5, 0.6) is 23.0 Å². The molecule has 5 nitrogen and oxygen atoms in total. The van der Waals surface area contributed by atoms with Crippen LogP contribution in [0.3, 0.4) is 0 Å². The Bertz CT molecular complexity index is 1400. The Morgan fingerprint density at radius 3 is 1.46 bits per heavy atom. The van der Waals surface area contributed by atoms with Crippen molar-refractivity contribution in [1.82, 2.24) is 0 Å². The molecule has 0 radical (unpaired) electrons. The first kappa shape index (κ1) is 24.2. The van der Waals surface area contributed by atoms with Gasteiger partial charge < -0.3 is 18.9 Å². The maximum absolute atomic E-state index is 14.4. The number of carbonyl (C=O) groups is 1. The van der Waals surface area contributed by atoms with Gasteiger partial charge in [0.2, 0.25) is 0 Å². The molecule has 1 aliphatic rings. The van der Waals surface area contributed by atoms with E-state index in [1.807, 2.05) is 91.0 Å². The smallest absolute Gasteiger partial charge is 0.175 e. The van der Waals surface area contributed by atoms with Crippen LogP contribution in [-0.2, 0) is 4.79 Å². The van der Waals surface area contributed by atoms with Gasteiger partial charge in [0.1, 0.15) is 23.0 Å². The lowest BCUT2D eigenvalue weighted by Gasteiger charge is -2.15. The summed E-state index contributed by atoms with van der Waals surface area (Å²) in [5, 5.41) is 0. The van der Waals surface area contributed by atoms with Crippen LogP contribution >= 0.6 is 0 Å². The maximum atomic E-state index is 14.4. The van der Waals surface area contributed by atoms with Crippen molar-refractivity contribution < 1.29 is 23.7 Å². The van der Waals surface area contributed by atoms with Crippen molar-refractivity contribution in [2.75, 3.05) is 28.4 Å². The quantitative estimate of drug-likeness (QED) is 0.280. The first-order chi connectivity index (χ1) is 18.1. The van der Waals surface area contributed by atoms with Gasteiger partial charge in [-0.2, -0.15) is 0 Å². The molecule has 0 N–H and O–H groups in total. The van der Waals surface area contributed by atoms with Crippen LogP contribution in [0.1, 0.15) is 33.7 Å². The second kappa shape index (κ2) is 10.2. The van der Waals surface area contributed by atoms with E-state index in [0.29, 0.717) is 11.3 Å². The number of ether oxygens (including phenoxy) is 4. The number of Topliss-reactive ketones (excluding diaryl/α,β-unsaturated/α-hetero) is 1. The highest BCUT2D eigenvalue weighted by Crippen LogP contribution is 2.48. The summed E-state index contributed by atoms with van der Waals surface area (Å²) in [5.41, 5.74) is 6.07. The molecule has 0 aromatic heterocycles. The first-order valence-corrected chi connectivity index (χ1v) is 12.0. The van der Waals surface area contributed by atoms with Gasteiger partial charge >= 0.3 is 0 Å². The molecule has 0 amide bonds. The Hall–Kier alpha value is -4.51. The van der Waals surface area contributed by atoms with Gasteiger partial charge in [0.05, 0.1) is 34.4 Å². The number of carbonyl (C=O) groups excluding carboxylic acids is 1. The molecule has 0 saturated heterocycles. The van der Waals surface area contributed by atoms with Gasteiger partial charge in [-0.15, -0.1) is 0 Å². The van der Waals surface area contributed by atoms with Crippen LogP contribution in [0, 0.1) is 0 Å². The number of benzene rings is 4. The minimum absolute atomic E-state index is 0.0371. The van der Waals surface area contributed by atoms with Crippen LogP contribution in [0.2, 0.25) is 0 Å². The summed E-state index contributed by atoms with van der Waals surface area (Å²) in [6.07, 6.45) is 0. The van der Waals surface area contributed by atoms with E-state index >= 15 is 0 Å². The molecule has 186 valence electrons. The average Bonchev–Trinajstić information content (AvgIpc) is 3.24. The summed E-state index contributed by atoms with van der Waals surface area (Å²) in [7, 11) is 6.55. The zero-order valence-corrected chi connectivity index (χ0v) is 21.3. The lowest BCUT2D eigenvalue weighted by Crippen LogP contribution is -2.09. The van der Waals surface area contributed by atoms with Crippen molar-refractivity contribution in [1.29, 1.82) is 0 Å². The van der Waals surface area contributed by atoms with Gasteiger partial charge in [0.15, 0.2) is 5.78 Å². The minimum atomic E-state index is -0.437. The van der Waals surface area contributed by atoms with E-state index < -0.39 is 5.92 Å². The van der Waals surface area contributed by atoms with Gasteiger partial charge in [-0.3, -0.25) is 4.79 Å². The summed E-state index contributed by atoms with van der Waals surface area (Å²) in [5.74, 6) is 2.54. The second-order valence-electron chi connectivity index (χ2n) is 8.73. The average molecular weight is 493 g/mol. The van der Waals surface area contributed by atoms with E-state index in [1.165, 1.54) is 0 Å². The van der Waals surface area contributed by atoms with Crippen molar-refractivity contribution >= 4 is 16.9 Å². The molecule has 0 aliphatic heterocycles. The van der Waals surface area contributed by atoms with Crippen LogP contribution in [0.15, 0.2) is 91.0 Å². The van der Waals surface area contributed by atoms with Crippen LogP contribution in [0.25, 0.3) is 11.1 Å². The van der Waals surface area contributed by atoms with Crippen molar-refractivity contribution in [3.05, 3.63) is 119 Å². The number of hydrogen-bond donors (Lipinski definition) is 0. The summed E-state index contributed by atoms with van der Waals surface area (Å²) in [4.78, 5) is 14.4. The van der Waals surface area contributed by atoms with E-state index in [1.54, 1.807) is 28.4 Å². The molecule has 1 unspecified atom stereocenters. The van der Waals surface area contributed by atoms with E-state index in [-0.39, 0.29) is 5.78 Å². The zero-order valence-electron chi connectivity index (χ0n) is 21.3. The number of allylic oxidation sites excluding steroid dienone is 1. The molecular weight excluding hydrogens is 464 g/mol. The summed E-state index contributed by atoms with van der Waals surface area (Å²) in [6, 6.07) is 29.1. The molecule has 0 heterocycles. The lowest BCUT2D eigenvalue weighted by molar-refractivity contribution is -0.113. The minimum Gasteiger partial charge on any atom is -0.497 e. The molecule has 37 heavy (non-hydrogen) atoms. The topological polar surface area (TPSA) is 54.0 Å². The summed E-state index contributed by atoms with van der Waals surface area (Å²) in [6.45, 7) is 0. The fourth-order valence-electron chi connectivity index (χ4n) is 4.90. The van der Waals surface area contributed by atoms with Gasteiger partial charge in [-0.1, -0.05) is 42.5 Å². The molecular formula is C32H28O5. The molecule has 4 aromatic carbocycles. The number of fused-ring (bicyclic) bond motifs is 1. The van der Waals surface area contributed by atoms with E-state index in [0.717, 1.165) is 50.6 Å². The molecule has 0 saturated carbocycles. The Morgan fingerprint density at radius 1 is 0.568 bits per heavy atom. The SMILES string of the molecule is COc1ccc(C(=C2C(=O)C(c3ccc(OC)cc3)c3ccc(OC)cc32)c2ccc(OC)cc2)cc1. The monoisotopic (exact) mass is 492 g/mol. The van der Waals surface area contributed by atoms with Crippen LogP contribution in [-0.4, -0.2) is 34.2 Å². The summed E-state index contributed by atoms with van der Waals surface area (Å²) < 4.78 is 21.7. The van der Waals surface area contributed by atoms with E-state index in [9.17, 15) is 4.79 Å². The fraction of sp³-hybridized carbons (Fsp3) is 0.156. The Kier molecular flexibility index (Phi) is 6.69. The first-order valence-electron chi connectivity index (χ1n) is 12.0. The third-order valence-corrected chi connectivity index (χ3v) is 6.81. The lowest BCUT2D eigenvalue weighted by atomic mass is 9.88. The summed E-state index contributed by atoms with van der Waals surface area (Å²) >= 11 is 0. The highest BCUT2D eigenvalue weighted by Gasteiger charge is 2.38. The highest BCUT2D eigenvalue weighted by molar-refractivity contribution is 6.36. The molecule has 5 rings (SSSR count). The van der Waals surface area contributed by atoms with Crippen molar-refractivity contribution in [3.8, 4) is 23.0 Å². The molecule has 1 aliphatic carbocycles. The standard InChI is InChI=1S/C32H28O5/c1-34-23-11-5-20(6-12-23)29(21-7-13-24(35-2)14-8-21)31-28-19-26(37-4)17-18-27(28)30(32(31)33)22-9-15-25(36-3)16-10-22/h5-19,30H,1-4H3. The highest BCUT2D eigenvalue weighted by atomic mass is 16.5. The third-order valence-electron chi connectivity index (χ3n) is 6.81. The predicted molar refractivity (Wildman–Crippen MR) is 145 cm³/mol. The molecule has 1 atom stereocenters. The number of methoxy groups -OCH3 is 4. The third kappa shape index (κ3) is 4.45. The van der Waals surface area contributed by atoms with Gasteiger partial charge in [-0.25, -0.2) is 0 Å². The van der Waals surface area contributed by atoms with Crippen molar-refractivity contribution in [2.24, 2.45) is 0 Å². The Morgan fingerprint density at radius 2 is 1.00 bits per heavy atom. The molecule has 0 fully saturated rings. The zero-order chi connectivity index (χ0) is 25.9. The normalized spacial score (nSPS) is 14.2. The second-order valence-corrected chi connectivity index (χ2v) is 8.73. The van der Waals surface area contributed by atoms with Gasteiger partial charge in [0.25, 0.3) is 0 Å². The number of rotatable bonds is 7. The van der Waals surface area contributed by atoms with Crippen molar-refractivity contribution in [3.63, 3.8) is 0 Å². The maximum Gasteiger partial charge on any atom is 0.175 e. The predicted octanol–water partition coefficient (Wildman–Crippen LogP) is 6.39. The molecule has 5 heteroatoms. The largest absolute Gasteiger partial charge is 0.497 e. The van der Waals surface area contributed by atoms with Crippen LogP contribution < -0.4 is 18.9 Å². The van der Waals surface area contributed by atoms with Crippen LogP contribution in [0.4, 0.5) is 0 Å². The molecule has 0 spiro atoms. The van der Waals surface area contributed by atoms with E-state index in [4.69, 9.17) is 18.9 Å².